The van der Waals surface area contributed by atoms with Crippen molar-refractivity contribution < 1.29 is 9.72 Å². The molecule has 21 heavy (non-hydrogen) atoms. The number of benzene rings is 1. The predicted octanol–water partition coefficient (Wildman–Crippen LogP) is 2.55. The van der Waals surface area contributed by atoms with Crippen LogP contribution in [-0.4, -0.2) is 23.9 Å². The van der Waals surface area contributed by atoms with Gasteiger partial charge >= 0.3 is 0 Å². The van der Waals surface area contributed by atoms with Crippen molar-refractivity contribution in [2.45, 2.75) is 31.7 Å². The molecule has 0 unspecified atom stereocenters. The van der Waals surface area contributed by atoms with E-state index in [1.54, 1.807) is 19.2 Å². The van der Waals surface area contributed by atoms with Gasteiger partial charge in [0.2, 0.25) is 0 Å². The van der Waals surface area contributed by atoms with Crippen LogP contribution in [-0.2, 0) is 0 Å². The highest BCUT2D eigenvalue weighted by Crippen LogP contribution is 2.44. The van der Waals surface area contributed by atoms with Gasteiger partial charge < -0.3 is 10.6 Å². The number of hydrogen-bond acceptors (Lipinski definition) is 4. The molecule has 2 N–H and O–H groups in total. The Morgan fingerprint density at radius 3 is 2.38 bits per heavy atom. The SMILES string of the molecule is CNc1c(C(=O)NC(C2CC2)C2CC2)cccc1[N+](=O)[O-]. The number of nitro benzene ring substituents is 1. The van der Waals surface area contributed by atoms with Gasteiger partial charge in [0.05, 0.1) is 10.5 Å². The average Bonchev–Trinajstić information content (AvgIpc) is 3.36. The summed E-state index contributed by atoms with van der Waals surface area (Å²) in [7, 11) is 1.60. The van der Waals surface area contributed by atoms with E-state index in [1.165, 1.54) is 31.7 Å². The molecule has 3 rings (SSSR count). The van der Waals surface area contributed by atoms with Crippen LogP contribution in [0.3, 0.4) is 0 Å². The van der Waals surface area contributed by atoms with Crippen LogP contribution < -0.4 is 10.6 Å². The van der Waals surface area contributed by atoms with Crippen molar-refractivity contribution in [2.75, 3.05) is 12.4 Å². The minimum Gasteiger partial charge on any atom is -0.382 e. The fourth-order valence-corrected chi connectivity index (χ4v) is 2.90. The summed E-state index contributed by atoms with van der Waals surface area (Å²) in [5.74, 6) is 0.975. The topological polar surface area (TPSA) is 84.3 Å². The Morgan fingerprint density at radius 2 is 1.90 bits per heavy atom. The molecule has 0 radical (unpaired) electrons. The number of hydrogen-bond donors (Lipinski definition) is 2. The van der Waals surface area contributed by atoms with Gasteiger partial charge in [0, 0.05) is 19.2 Å². The Hall–Kier alpha value is -2.11. The van der Waals surface area contributed by atoms with E-state index in [4.69, 9.17) is 0 Å². The van der Waals surface area contributed by atoms with Crippen molar-refractivity contribution >= 4 is 17.3 Å². The lowest BCUT2D eigenvalue weighted by Crippen LogP contribution is -2.38. The maximum absolute atomic E-state index is 12.5. The molecule has 112 valence electrons. The van der Waals surface area contributed by atoms with Crippen LogP contribution in [0.5, 0.6) is 0 Å². The first-order valence-electron chi connectivity index (χ1n) is 7.38. The molecule has 0 spiro atoms. The van der Waals surface area contributed by atoms with Crippen LogP contribution in [0.15, 0.2) is 18.2 Å². The first-order valence-corrected chi connectivity index (χ1v) is 7.38. The van der Waals surface area contributed by atoms with Crippen molar-refractivity contribution in [3.05, 3.63) is 33.9 Å². The van der Waals surface area contributed by atoms with E-state index < -0.39 is 4.92 Å². The molecule has 0 atom stereocenters. The molecular formula is C15H19N3O3. The van der Waals surface area contributed by atoms with Crippen LogP contribution in [0.2, 0.25) is 0 Å². The lowest BCUT2D eigenvalue weighted by Gasteiger charge is -2.18. The molecule has 0 bridgehead atoms. The Bertz CT molecular complexity index is 568. The summed E-state index contributed by atoms with van der Waals surface area (Å²) in [4.78, 5) is 23.1. The van der Waals surface area contributed by atoms with Crippen molar-refractivity contribution in [2.24, 2.45) is 11.8 Å². The molecule has 6 heteroatoms. The highest BCUT2D eigenvalue weighted by molar-refractivity contribution is 6.01. The van der Waals surface area contributed by atoms with E-state index in [-0.39, 0.29) is 23.3 Å². The monoisotopic (exact) mass is 289 g/mol. The Kier molecular flexibility index (Phi) is 3.53. The number of nitrogens with zero attached hydrogens (tertiary/aromatic N) is 1. The summed E-state index contributed by atoms with van der Waals surface area (Å²) >= 11 is 0. The highest BCUT2D eigenvalue weighted by atomic mass is 16.6. The second kappa shape index (κ2) is 5.35. The maximum Gasteiger partial charge on any atom is 0.293 e. The van der Waals surface area contributed by atoms with E-state index in [1.807, 2.05) is 0 Å². The lowest BCUT2D eigenvalue weighted by molar-refractivity contribution is -0.384. The van der Waals surface area contributed by atoms with Crippen LogP contribution in [0.25, 0.3) is 0 Å². The van der Waals surface area contributed by atoms with Gasteiger partial charge in [0.25, 0.3) is 11.6 Å². The summed E-state index contributed by atoms with van der Waals surface area (Å²) in [5, 5.41) is 16.9. The van der Waals surface area contributed by atoms with Crippen LogP contribution in [0.4, 0.5) is 11.4 Å². The van der Waals surface area contributed by atoms with Crippen LogP contribution in [0.1, 0.15) is 36.0 Å². The van der Waals surface area contributed by atoms with Crippen molar-refractivity contribution in [1.29, 1.82) is 0 Å². The molecule has 1 amide bonds. The summed E-state index contributed by atoms with van der Waals surface area (Å²) in [6.45, 7) is 0. The van der Waals surface area contributed by atoms with Crippen LogP contribution >= 0.6 is 0 Å². The maximum atomic E-state index is 12.5. The number of anilines is 1. The molecule has 2 saturated carbocycles. The molecule has 0 aliphatic heterocycles. The zero-order chi connectivity index (χ0) is 15.0. The third-order valence-electron chi connectivity index (χ3n) is 4.29. The number of rotatable bonds is 6. The largest absolute Gasteiger partial charge is 0.382 e. The van der Waals surface area contributed by atoms with Gasteiger partial charge in [0.1, 0.15) is 5.69 Å². The standard InChI is InChI=1S/C15H19N3O3/c1-16-14-11(3-2-4-12(14)18(20)21)15(19)17-13(9-5-6-9)10-7-8-10/h2-4,9-10,13,16H,5-8H2,1H3,(H,17,19). The summed E-state index contributed by atoms with van der Waals surface area (Å²) in [6.07, 6.45) is 4.70. The van der Waals surface area contributed by atoms with Crippen molar-refractivity contribution in [1.82, 2.24) is 5.32 Å². The Labute approximate surface area is 123 Å². The van der Waals surface area contributed by atoms with Gasteiger partial charge in [-0.3, -0.25) is 14.9 Å². The number of para-hydroxylation sites is 1. The zero-order valence-electron chi connectivity index (χ0n) is 12.0. The van der Waals surface area contributed by atoms with E-state index >= 15 is 0 Å². The minimum absolute atomic E-state index is 0.0699. The molecule has 1 aromatic rings. The van der Waals surface area contributed by atoms with E-state index in [9.17, 15) is 14.9 Å². The number of carbonyl (C=O) groups is 1. The van der Waals surface area contributed by atoms with Gasteiger partial charge in [-0.1, -0.05) is 6.07 Å². The zero-order valence-corrected chi connectivity index (χ0v) is 12.0. The molecular weight excluding hydrogens is 270 g/mol. The predicted molar refractivity (Wildman–Crippen MR) is 79.3 cm³/mol. The Morgan fingerprint density at radius 1 is 1.29 bits per heavy atom. The number of nitrogens with one attached hydrogen (secondary N) is 2. The third-order valence-corrected chi connectivity index (χ3v) is 4.29. The van der Waals surface area contributed by atoms with E-state index in [0.717, 1.165) is 0 Å². The smallest absolute Gasteiger partial charge is 0.293 e. The fourth-order valence-electron chi connectivity index (χ4n) is 2.90. The van der Waals surface area contributed by atoms with Gasteiger partial charge in [-0.15, -0.1) is 0 Å². The first kappa shape index (κ1) is 13.9. The summed E-state index contributed by atoms with van der Waals surface area (Å²) in [6, 6.07) is 4.82. The lowest BCUT2D eigenvalue weighted by atomic mass is 10.1. The molecule has 1 aromatic carbocycles. The highest BCUT2D eigenvalue weighted by Gasteiger charge is 2.42. The number of nitro groups is 1. The molecule has 2 fully saturated rings. The second-order valence-corrected chi connectivity index (χ2v) is 5.88. The second-order valence-electron chi connectivity index (χ2n) is 5.88. The summed E-state index contributed by atoms with van der Waals surface area (Å²) < 4.78 is 0. The first-order chi connectivity index (χ1) is 10.1. The molecule has 0 aromatic heterocycles. The van der Waals surface area contributed by atoms with Gasteiger partial charge in [-0.2, -0.15) is 0 Å². The normalized spacial score (nSPS) is 17.6. The van der Waals surface area contributed by atoms with Crippen molar-refractivity contribution in [3.63, 3.8) is 0 Å². The molecule has 0 heterocycles. The van der Waals surface area contributed by atoms with Gasteiger partial charge in [-0.25, -0.2) is 0 Å². The van der Waals surface area contributed by atoms with Crippen LogP contribution in [0, 0.1) is 22.0 Å². The third kappa shape index (κ3) is 2.84. The van der Waals surface area contributed by atoms with Crippen molar-refractivity contribution in [3.8, 4) is 0 Å². The Balaban J connectivity index is 1.83. The number of amides is 1. The molecule has 2 aliphatic rings. The average molecular weight is 289 g/mol. The summed E-state index contributed by atoms with van der Waals surface area (Å²) in [5.41, 5.74) is 0.558. The van der Waals surface area contributed by atoms with Gasteiger partial charge in [-0.05, 0) is 43.6 Å². The molecule has 6 nitrogen and oxygen atoms in total. The molecule has 0 saturated heterocycles. The minimum atomic E-state index is -0.470. The quantitative estimate of drug-likeness (QED) is 0.622. The number of carbonyl (C=O) groups excluding carboxylic acids is 1. The van der Waals surface area contributed by atoms with E-state index in [2.05, 4.69) is 10.6 Å². The van der Waals surface area contributed by atoms with Gasteiger partial charge in [0.15, 0.2) is 0 Å². The molecule has 2 aliphatic carbocycles. The van der Waals surface area contributed by atoms with E-state index in [0.29, 0.717) is 17.4 Å². The fraction of sp³-hybridized carbons (Fsp3) is 0.533.